The third-order valence-electron chi connectivity index (χ3n) is 3.92. The van der Waals surface area contributed by atoms with Crippen LogP contribution in [0, 0.1) is 0 Å². The van der Waals surface area contributed by atoms with E-state index in [4.69, 9.17) is 0 Å². The van der Waals surface area contributed by atoms with Crippen LogP contribution in [0.2, 0.25) is 0 Å². The van der Waals surface area contributed by atoms with Crippen LogP contribution in [-0.4, -0.2) is 33.8 Å². The molecule has 0 fully saturated rings. The number of amides is 2. The van der Waals surface area contributed by atoms with Crippen molar-refractivity contribution in [1.82, 2.24) is 15.4 Å². The molecule has 0 radical (unpaired) electrons. The molecule has 0 atom stereocenters. The summed E-state index contributed by atoms with van der Waals surface area (Å²) in [5.74, 6) is -0.608. The Morgan fingerprint density at radius 1 is 0.889 bits per heavy atom. The van der Waals surface area contributed by atoms with Crippen molar-refractivity contribution in [3.05, 3.63) is 71.3 Å². The average Bonchev–Trinajstić information content (AvgIpc) is 2.67. The van der Waals surface area contributed by atoms with Crippen molar-refractivity contribution >= 4 is 21.8 Å². The van der Waals surface area contributed by atoms with E-state index >= 15 is 0 Å². The predicted octanol–water partition coefficient (Wildman–Crippen LogP) is 1.17. The summed E-state index contributed by atoms with van der Waals surface area (Å²) in [6, 6.07) is 15.8. The number of carbonyl (C=O) groups is 2. The Balaban J connectivity index is 1.81. The molecule has 2 aromatic rings. The molecule has 2 amide bonds. The van der Waals surface area contributed by atoms with Crippen LogP contribution in [0.1, 0.15) is 27.9 Å². The zero-order chi connectivity index (χ0) is 19.7. The summed E-state index contributed by atoms with van der Waals surface area (Å²) >= 11 is 0. The van der Waals surface area contributed by atoms with E-state index in [9.17, 15) is 18.0 Å². The standard InChI is InChI=1S/C19H23N3O4S/c1-20-27(25,26)14-17-10-6-5-9-16(17)13-22-18(23)11-12-21-19(24)15-7-3-2-4-8-15/h2-10,20H,11-14H2,1H3,(H,21,24)(H,22,23). The molecule has 0 spiro atoms. The fraction of sp³-hybridized carbons (Fsp3) is 0.263. The molecule has 0 saturated carbocycles. The first kappa shape index (κ1) is 20.6. The summed E-state index contributed by atoms with van der Waals surface area (Å²) in [5.41, 5.74) is 1.90. The second-order valence-electron chi connectivity index (χ2n) is 5.88. The lowest BCUT2D eigenvalue weighted by Crippen LogP contribution is -2.30. The van der Waals surface area contributed by atoms with Crippen molar-refractivity contribution in [2.75, 3.05) is 13.6 Å². The maximum Gasteiger partial charge on any atom is 0.251 e. The Hall–Kier alpha value is -2.71. The summed E-state index contributed by atoms with van der Waals surface area (Å²) in [6.07, 6.45) is 0.134. The molecule has 3 N–H and O–H groups in total. The Kier molecular flexibility index (Phi) is 7.51. The normalized spacial score (nSPS) is 11.0. The molecule has 144 valence electrons. The molecule has 7 nitrogen and oxygen atoms in total. The zero-order valence-corrected chi connectivity index (χ0v) is 15.9. The van der Waals surface area contributed by atoms with E-state index in [1.165, 1.54) is 7.05 Å². The molecule has 0 aliphatic carbocycles. The Labute approximate surface area is 159 Å². The summed E-state index contributed by atoms with van der Waals surface area (Å²) in [6.45, 7) is 0.441. The monoisotopic (exact) mass is 389 g/mol. The smallest absolute Gasteiger partial charge is 0.251 e. The number of nitrogens with one attached hydrogen (secondary N) is 3. The molecule has 2 aromatic carbocycles. The Bertz CT molecular complexity index is 883. The summed E-state index contributed by atoms with van der Waals surface area (Å²) in [5, 5.41) is 5.44. The van der Waals surface area contributed by atoms with Crippen molar-refractivity contribution < 1.29 is 18.0 Å². The van der Waals surface area contributed by atoms with Gasteiger partial charge in [-0.05, 0) is 30.3 Å². The molecule has 0 heterocycles. The quantitative estimate of drug-likeness (QED) is 0.599. The lowest BCUT2D eigenvalue weighted by molar-refractivity contribution is -0.121. The molecule has 0 aliphatic heterocycles. The predicted molar refractivity (Wildman–Crippen MR) is 103 cm³/mol. The number of sulfonamides is 1. The molecule has 8 heteroatoms. The van der Waals surface area contributed by atoms with Crippen molar-refractivity contribution in [2.45, 2.75) is 18.7 Å². The summed E-state index contributed by atoms with van der Waals surface area (Å²) in [7, 11) is -2.03. The number of rotatable bonds is 9. The molecule has 0 aromatic heterocycles. The number of hydrogen-bond acceptors (Lipinski definition) is 4. The first-order valence-corrected chi connectivity index (χ1v) is 10.1. The molecule has 0 bridgehead atoms. The van der Waals surface area contributed by atoms with E-state index < -0.39 is 10.0 Å². The molecule has 0 unspecified atom stereocenters. The van der Waals surface area contributed by atoms with E-state index in [1.54, 1.807) is 48.5 Å². The van der Waals surface area contributed by atoms with Crippen LogP contribution in [0.3, 0.4) is 0 Å². The molecule has 0 saturated heterocycles. The minimum Gasteiger partial charge on any atom is -0.352 e. The van der Waals surface area contributed by atoms with Crippen LogP contribution in [0.5, 0.6) is 0 Å². The first-order chi connectivity index (χ1) is 12.9. The summed E-state index contributed by atoms with van der Waals surface area (Å²) < 4.78 is 25.8. The van der Waals surface area contributed by atoms with Gasteiger partial charge in [0.25, 0.3) is 5.91 Å². The molecular weight excluding hydrogens is 366 g/mol. The van der Waals surface area contributed by atoms with Crippen LogP contribution in [-0.2, 0) is 27.1 Å². The van der Waals surface area contributed by atoms with Gasteiger partial charge in [0.15, 0.2) is 0 Å². The number of hydrogen-bond donors (Lipinski definition) is 3. The van der Waals surface area contributed by atoms with Gasteiger partial charge in [-0.2, -0.15) is 0 Å². The van der Waals surface area contributed by atoms with Gasteiger partial charge in [0.2, 0.25) is 15.9 Å². The zero-order valence-electron chi connectivity index (χ0n) is 15.1. The third kappa shape index (κ3) is 6.84. The highest BCUT2D eigenvalue weighted by molar-refractivity contribution is 7.88. The van der Waals surface area contributed by atoms with Crippen molar-refractivity contribution in [3.8, 4) is 0 Å². The lowest BCUT2D eigenvalue weighted by Gasteiger charge is -2.11. The third-order valence-corrected chi connectivity index (χ3v) is 5.24. The molecule has 27 heavy (non-hydrogen) atoms. The number of benzene rings is 2. The topological polar surface area (TPSA) is 104 Å². The van der Waals surface area contributed by atoms with E-state index in [0.29, 0.717) is 11.1 Å². The fourth-order valence-corrected chi connectivity index (χ4v) is 3.25. The highest BCUT2D eigenvalue weighted by Gasteiger charge is 2.12. The maximum atomic E-state index is 12.0. The minimum atomic E-state index is -3.39. The average molecular weight is 389 g/mol. The van der Waals surface area contributed by atoms with Gasteiger partial charge in [-0.15, -0.1) is 0 Å². The van der Waals surface area contributed by atoms with Gasteiger partial charge in [-0.3, -0.25) is 9.59 Å². The van der Waals surface area contributed by atoms with Crippen LogP contribution >= 0.6 is 0 Å². The Morgan fingerprint density at radius 2 is 1.52 bits per heavy atom. The molecule has 2 rings (SSSR count). The van der Waals surface area contributed by atoms with Crippen LogP contribution in [0.25, 0.3) is 0 Å². The second kappa shape index (κ2) is 9.84. The van der Waals surface area contributed by atoms with E-state index in [1.807, 2.05) is 6.07 Å². The first-order valence-electron chi connectivity index (χ1n) is 8.49. The second-order valence-corrected chi connectivity index (χ2v) is 7.81. The fourth-order valence-electron chi connectivity index (χ4n) is 2.41. The van der Waals surface area contributed by atoms with E-state index in [2.05, 4.69) is 15.4 Å². The van der Waals surface area contributed by atoms with Crippen LogP contribution in [0.4, 0.5) is 0 Å². The van der Waals surface area contributed by atoms with Gasteiger partial charge in [0, 0.05) is 25.1 Å². The van der Waals surface area contributed by atoms with Gasteiger partial charge in [0.1, 0.15) is 0 Å². The highest BCUT2D eigenvalue weighted by Crippen LogP contribution is 2.12. The van der Waals surface area contributed by atoms with Gasteiger partial charge < -0.3 is 10.6 Å². The Morgan fingerprint density at radius 3 is 2.19 bits per heavy atom. The SMILES string of the molecule is CNS(=O)(=O)Cc1ccccc1CNC(=O)CCNC(=O)c1ccccc1. The largest absolute Gasteiger partial charge is 0.352 e. The number of carbonyl (C=O) groups excluding carboxylic acids is 2. The summed E-state index contributed by atoms with van der Waals surface area (Å²) in [4.78, 5) is 23.9. The van der Waals surface area contributed by atoms with Crippen LogP contribution < -0.4 is 15.4 Å². The van der Waals surface area contributed by atoms with Crippen molar-refractivity contribution in [3.63, 3.8) is 0 Å². The van der Waals surface area contributed by atoms with Gasteiger partial charge >= 0.3 is 0 Å². The minimum absolute atomic E-state index is 0.134. The highest BCUT2D eigenvalue weighted by atomic mass is 32.2. The van der Waals surface area contributed by atoms with Crippen molar-refractivity contribution in [2.24, 2.45) is 0 Å². The van der Waals surface area contributed by atoms with Crippen LogP contribution in [0.15, 0.2) is 54.6 Å². The van der Waals surface area contributed by atoms with Gasteiger partial charge in [0.05, 0.1) is 5.75 Å². The van der Waals surface area contributed by atoms with Gasteiger partial charge in [-0.25, -0.2) is 13.1 Å². The van der Waals surface area contributed by atoms with Crippen molar-refractivity contribution in [1.29, 1.82) is 0 Å². The molecule has 0 aliphatic rings. The van der Waals surface area contributed by atoms with E-state index in [-0.39, 0.29) is 37.1 Å². The molecular formula is C19H23N3O4S. The van der Waals surface area contributed by atoms with Gasteiger partial charge in [-0.1, -0.05) is 42.5 Å². The lowest BCUT2D eigenvalue weighted by atomic mass is 10.1. The van der Waals surface area contributed by atoms with E-state index in [0.717, 1.165) is 5.56 Å². The maximum absolute atomic E-state index is 12.0.